The van der Waals surface area contributed by atoms with Crippen molar-refractivity contribution < 1.29 is 27.0 Å². The van der Waals surface area contributed by atoms with E-state index in [4.69, 9.17) is 36.8 Å². The van der Waals surface area contributed by atoms with Crippen molar-refractivity contribution in [1.82, 2.24) is 25.2 Å². The number of hydrogen-bond donors (Lipinski definition) is 2. The van der Waals surface area contributed by atoms with Gasteiger partial charge >= 0.3 is 12.2 Å². The molecule has 1 aromatic carbocycles. The Kier molecular flexibility index (Phi) is 6.61. The van der Waals surface area contributed by atoms with Gasteiger partial charge in [0.15, 0.2) is 5.75 Å². The highest BCUT2D eigenvalue weighted by molar-refractivity contribution is 6.37. The fourth-order valence-corrected chi connectivity index (χ4v) is 8.88. The molecule has 2 bridgehead atoms. The third-order valence-corrected chi connectivity index (χ3v) is 10.8. The predicted molar refractivity (Wildman–Crippen MR) is 162 cm³/mol. The lowest BCUT2D eigenvalue weighted by molar-refractivity contribution is -0.137. The van der Waals surface area contributed by atoms with E-state index >= 15 is 0 Å². The first kappa shape index (κ1) is 29.3. The van der Waals surface area contributed by atoms with Crippen LogP contribution in [-0.4, -0.2) is 82.5 Å². The van der Waals surface area contributed by atoms with Gasteiger partial charge in [-0.25, -0.2) is 9.37 Å². The van der Waals surface area contributed by atoms with Gasteiger partial charge in [0, 0.05) is 37.2 Å². The molecule has 0 aliphatic carbocycles. The van der Waals surface area contributed by atoms with E-state index in [1.165, 1.54) is 13.0 Å². The molecule has 0 spiro atoms. The summed E-state index contributed by atoms with van der Waals surface area (Å²) in [5.74, 6) is 0.726. The summed E-state index contributed by atoms with van der Waals surface area (Å²) in [5.41, 5.74) is 4.99. The maximum Gasteiger partial charge on any atom is 0.418 e. The van der Waals surface area contributed by atoms with Gasteiger partial charge in [0.05, 0.1) is 38.8 Å². The lowest BCUT2D eigenvalue weighted by atomic mass is 9.94. The van der Waals surface area contributed by atoms with Crippen molar-refractivity contribution >= 4 is 34.1 Å². The van der Waals surface area contributed by atoms with Crippen LogP contribution in [0.1, 0.15) is 48.8 Å². The van der Waals surface area contributed by atoms with E-state index in [-0.39, 0.29) is 70.8 Å². The van der Waals surface area contributed by atoms with Crippen molar-refractivity contribution in [1.29, 1.82) is 0 Å². The zero-order valence-corrected chi connectivity index (χ0v) is 25.7. The molecule has 0 amide bonds. The topological polar surface area (TPSA) is 102 Å². The van der Waals surface area contributed by atoms with Crippen LogP contribution in [0.25, 0.3) is 22.2 Å². The van der Waals surface area contributed by atoms with E-state index in [0.717, 1.165) is 32.2 Å². The number of aryl methyl sites for hydroxylation is 2. The Morgan fingerprint density at radius 1 is 1.20 bits per heavy atom. The van der Waals surface area contributed by atoms with Crippen molar-refractivity contribution in [2.24, 2.45) is 0 Å². The number of ether oxygens (including phenoxy) is 2. The molecule has 9 nitrogen and oxygen atoms in total. The first-order valence-corrected chi connectivity index (χ1v) is 15.9. The lowest BCUT2D eigenvalue weighted by Gasteiger charge is -2.40. The molecule has 0 saturated carbocycles. The summed E-state index contributed by atoms with van der Waals surface area (Å²) in [6.45, 7) is 5.36. The van der Waals surface area contributed by atoms with Crippen LogP contribution in [0, 0.1) is 13.8 Å². The number of nitrogens with one attached hydrogen (secondary N) is 1. The molecule has 0 unspecified atom stereocenters. The Balaban J connectivity index is 1.34. The fraction of sp³-hybridized carbons (Fsp3) is 0.581. The Morgan fingerprint density at radius 2 is 2.02 bits per heavy atom. The van der Waals surface area contributed by atoms with E-state index < -0.39 is 23.5 Å². The largest absolute Gasteiger partial charge is 0.489 e. The SMILES string of the molecule is Cc1cc(N)nc(-c2c(Cl)c3c4c(nc(OC[C@@]56CCCN5C[C@H](F)C6)nc4c2C)N2C[C@H]4CC[C@H](N4)[C@H]2CO3)c1C(F)(F)F. The number of piperazine rings is 1. The van der Waals surface area contributed by atoms with E-state index in [9.17, 15) is 17.6 Å². The minimum atomic E-state index is -4.72. The van der Waals surface area contributed by atoms with Gasteiger partial charge in [-0.3, -0.25) is 4.90 Å². The summed E-state index contributed by atoms with van der Waals surface area (Å²) in [5, 5.41) is 4.19. The smallest absolute Gasteiger partial charge is 0.418 e. The molecular formula is C31H34ClF4N7O2. The fourth-order valence-electron chi connectivity index (χ4n) is 8.50. The summed E-state index contributed by atoms with van der Waals surface area (Å²) < 4.78 is 70.8. The third-order valence-electron chi connectivity index (χ3n) is 10.5. The second-order valence-electron chi connectivity index (χ2n) is 13.2. The maximum absolute atomic E-state index is 14.5. The first-order valence-electron chi connectivity index (χ1n) is 15.5. The number of alkyl halides is 4. The molecule has 3 aromatic rings. The summed E-state index contributed by atoms with van der Waals surface area (Å²) in [4.78, 5) is 18.3. The molecule has 14 heteroatoms. The summed E-state index contributed by atoms with van der Waals surface area (Å²) in [6, 6.07) is 1.60. The average molecular weight is 648 g/mol. The van der Waals surface area contributed by atoms with Gasteiger partial charge < -0.3 is 25.4 Å². The minimum absolute atomic E-state index is 0.0000801. The van der Waals surface area contributed by atoms with Crippen LogP contribution in [-0.2, 0) is 6.18 Å². The van der Waals surface area contributed by atoms with Gasteiger partial charge in [0.1, 0.15) is 31.0 Å². The van der Waals surface area contributed by atoms with Gasteiger partial charge in [-0.1, -0.05) is 11.6 Å². The van der Waals surface area contributed by atoms with Gasteiger partial charge in [-0.05, 0) is 63.3 Å². The van der Waals surface area contributed by atoms with E-state index in [1.54, 1.807) is 6.92 Å². The van der Waals surface area contributed by atoms with Crippen LogP contribution < -0.4 is 25.4 Å². The van der Waals surface area contributed by atoms with E-state index in [1.807, 2.05) is 0 Å². The van der Waals surface area contributed by atoms with Crippen molar-refractivity contribution in [2.45, 2.75) is 82.0 Å². The lowest BCUT2D eigenvalue weighted by Crippen LogP contribution is -2.60. The molecule has 2 aromatic heterocycles. The van der Waals surface area contributed by atoms with Crippen molar-refractivity contribution in [2.75, 3.05) is 43.5 Å². The molecule has 5 aliphatic heterocycles. The number of aromatic nitrogens is 3. The van der Waals surface area contributed by atoms with Gasteiger partial charge in [-0.2, -0.15) is 23.1 Å². The van der Waals surface area contributed by atoms with Crippen LogP contribution in [0.5, 0.6) is 11.8 Å². The number of halogens is 5. The van der Waals surface area contributed by atoms with Crippen LogP contribution in [0.3, 0.4) is 0 Å². The van der Waals surface area contributed by atoms with Gasteiger partial charge in [0.25, 0.3) is 0 Å². The van der Waals surface area contributed by atoms with Crippen LogP contribution in [0.15, 0.2) is 6.07 Å². The van der Waals surface area contributed by atoms with Gasteiger partial charge in [0.2, 0.25) is 0 Å². The van der Waals surface area contributed by atoms with Gasteiger partial charge in [-0.15, -0.1) is 0 Å². The Labute approximate surface area is 262 Å². The number of fused-ring (bicyclic) bond motifs is 6. The number of pyridine rings is 1. The molecule has 5 aliphatic rings. The second-order valence-corrected chi connectivity index (χ2v) is 13.6. The second kappa shape index (κ2) is 10.2. The zero-order chi connectivity index (χ0) is 31.4. The average Bonchev–Trinajstić information content (AvgIpc) is 3.59. The highest BCUT2D eigenvalue weighted by Crippen LogP contribution is 2.52. The minimum Gasteiger partial charge on any atom is -0.489 e. The Morgan fingerprint density at radius 3 is 2.82 bits per heavy atom. The maximum atomic E-state index is 14.5. The number of nitrogen functional groups attached to an aromatic ring is 1. The quantitative estimate of drug-likeness (QED) is 0.369. The standard InChI is InChI=1S/C31H34ClF4N7O2/c1-14-8-20(37)39-26(23(14)31(34,35)36)21-15(2)25-22-27(24(21)32)44-12-19-18-5-4-17(38-18)11-43(19)28(22)41-29(40-25)45-13-30-6-3-7-42(30)10-16(33)9-30/h8,16-19,38H,3-7,9-13H2,1-2H3,(H2,37,39)/t16-,17-,18+,19-,30+/m1/s1. The van der Waals surface area contributed by atoms with Crippen LogP contribution >= 0.6 is 11.6 Å². The molecule has 7 heterocycles. The highest BCUT2D eigenvalue weighted by Gasteiger charge is 2.50. The number of hydrogen-bond acceptors (Lipinski definition) is 9. The summed E-state index contributed by atoms with van der Waals surface area (Å²) in [7, 11) is 0. The highest BCUT2D eigenvalue weighted by atomic mass is 35.5. The molecule has 45 heavy (non-hydrogen) atoms. The van der Waals surface area contributed by atoms with Crippen LogP contribution in [0.4, 0.5) is 29.2 Å². The molecular weight excluding hydrogens is 614 g/mol. The third kappa shape index (κ3) is 4.51. The van der Waals surface area contributed by atoms with Crippen LogP contribution in [0.2, 0.25) is 5.02 Å². The van der Waals surface area contributed by atoms with Crippen molar-refractivity contribution in [3.63, 3.8) is 0 Å². The zero-order valence-electron chi connectivity index (χ0n) is 25.0. The Bertz CT molecular complexity index is 1720. The molecule has 8 rings (SSSR count). The van der Waals surface area contributed by atoms with E-state index in [0.29, 0.717) is 41.8 Å². The number of nitrogens with zero attached hydrogens (tertiary/aromatic N) is 5. The number of rotatable bonds is 4. The number of anilines is 2. The van der Waals surface area contributed by atoms with Crippen molar-refractivity contribution in [3.05, 3.63) is 27.8 Å². The molecule has 5 atom stereocenters. The van der Waals surface area contributed by atoms with E-state index in [2.05, 4.69) is 20.1 Å². The number of benzene rings is 1. The van der Waals surface area contributed by atoms with Crippen molar-refractivity contribution in [3.8, 4) is 23.0 Å². The molecule has 0 radical (unpaired) electrons. The summed E-state index contributed by atoms with van der Waals surface area (Å²) >= 11 is 7.03. The normalized spacial score (nSPS) is 29.1. The molecule has 4 saturated heterocycles. The first-order chi connectivity index (χ1) is 21.4. The predicted octanol–water partition coefficient (Wildman–Crippen LogP) is 5.22. The molecule has 3 N–H and O–H groups in total. The molecule has 240 valence electrons. The summed E-state index contributed by atoms with van der Waals surface area (Å²) in [6.07, 6.45) is -1.51. The monoisotopic (exact) mass is 647 g/mol. The Hall–Kier alpha value is -3.16. The number of nitrogens with two attached hydrogens (primary N) is 1. The molecule has 4 fully saturated rings.